The second-order valence-electron chi connectivity index (χ2n) is 6.89. The van der Waals surface area contributed by atoms with Gasteiger partial charge in [-0.15, -0.1) is 0 Å². The van der Waals surface area contributed by atoms with Gasteiger partial charge in [0.05, 0.1) is 11.1 Å². The van der Waals surface area contributed by atoms with Crippen LogP contribution in [0.5, 0.6) is 0 Å². The largest absolute Gasteiger partial charge is 0.375 e. The van der Waals surface area contributed by atoms with Crippen LogP contribution in [-0.4, -0.2) is 30.8 Å². The Kier molecular flexibility index (Phi) is 3.98. The number of ether oxygens (including phenoxy) is 1. The molecule has 0 aliphatic carbocycles. The number of nitrogens with two attached hydrogens (primary N) is 1. The van der Waals surface area contributed by atoms with Gasteiger partial charge in [-0.05, 0) is 44.2 Å². The van der Waals surface area contributed by atoms with Crippen molar-refractivity contribution in [2.75, 3.05) is 24.6 Å². The van der Waals surface area contributed by atoms with E-state index in [1.54, 1.807) is 0 Å². The van der Waals surface area contributed by atoms with Crippen molar-refractivity contribution in [2.45, 2.75) is 57.1 Å². The van der Waals surface area contributed by atoms with Gasteiger partial charge in [0.25, 0.3) is 0 Å². The maximum absolute atomic E-state index is 6.30. The van der Waals surface area contributed by atoms with Crippen LogP contribution in [0.2, 0.25) is 0 Å². The molecular formula is C18H28N2O. The zero-order valence-electron chi connectivity index (χ0n) is 13.4. The average molecular weight is 288 g/mol. The molecule has 1 aromatic rings. The second-order valence-corrected chi connectivity index (χ2v) is 6.89. The maximum Gasteiger partial charge on any atom is 0.0674 e. The van der Waals surface area contributed by atoms with Gasteiger partial charge in [0.2, 0.25) is 0 Å². The third-order valence-electron chi connectivity index (χ3n) is 5.53. The average Bonchev–Trinajstić information content (AvgIpc) is 2.54. The number of rotatable bonds is 3. The van der Waals surface area contributed by atoms with Gasteiger partial charge in [-0.2, -0.15) is 0 Å². The topological polar surface area (TPSA) is 38.5 Å². The summed E-state index contributed by atoms with van der Waals surface area (Å²) in [6.45, 7) is 7.11. The van der Waals surface area contributed by atoms with Crippen molar-refractivity contribution in [3.63, 3.8) is 0 Å². The Bertz CT molecular complexity index is 504. The Morgan fingerprint density at radius 3 is 2.90 bits per heavy atom. The minimum absolute atomic E-state index is 0.0377. The van der Waals surface area contributed by atoms with E-state index in [1.165, 1.54) is 24.1 Å². The molecule has 2 aliphatic heterocycles. The van der Waals surface area contributed by atoms with E-state index in [0.717, 1.165) is 32.4 Å². The molecule has 1 saturated heterocycles. The molecule has 2 aliphatic rings. The van der Waals surface area contributed by atoms with Crippen LogP contribution in [0, 0.1) is 0 Å². The number of hydrogen-bond acceptors (Lipinski definition) is 3. The zero-order valence-corrected chi connectivity index (χ0v) is 13.4. The van der Waals surface area contributed by atoms with Crippen molar-refractivity contribution in [1.29, 1.82) is 0 Å². The van der Waals surface area contributed by atoms with Crippen LogP contribution in [0.25, 0.3) is 0 Å². The van der Waals surface area contributed by atoms with Crippen molar-refractivity contribution < 1.29 is 4.74 Å². The Morgan fingerprint density at radius 2 is 2.14 bits per heavy atom. The summed E-state index contributed by atoms with van der Waals surface area (Å²) in [5.41, 5.74) is 9.19. The Labute approximate surface area is 128 Å². The van der Waals surface area contributed by atoms with Crippen LogP contribution in [-0.2, 0) is 11.2 Å². The van der Waals surface area contributed by atoms with Gasteiger partial charge < -0.3 is 15.4 Å². The summed E-state index contributed by atoms with van der Waals surface area (Å²) in [6.07, 6.45) is 5.52. The SMILES string of the molecule is CCC1(C)CC(CN)(N2CCCc3ccccc32)CCO1. The number of benzene rings is 1. The van der Waals surface area contributed by atoms with E-state index in [1.807, 2.05) is 0 Å². The van der Waals surface area contributed by atoms with E-state index < -0.39 is 0 Å². The quantitative estimate of drug-likeness (QED) is 0.929. The summed E-state index contributed by atoms with van der Waals surface area (Å²) >= 11 is 0. The summed E-state index contributed by atoms with van der Waals surface area (Å²) in [5.74, 6) is 0. The van der Waals surface area contributed by atoms with Gasteiger partial charge in [-0.25, -0.2) is 0 Å². The Hall–Kier alpha value is -1.06. The van der Waals surface area contributed by atoms with Crippen molar-refractivity contribution in [2.24, 2.45) is 5.73 Å². The van der Waals surface area contributed by atoms with Crippen LogP contribution < -0.4 is 10.6 Å². The number of nitrogens with zero attached hydrogens (tertiary/aromatic N) is 1. The fourth-order valence-electron chi connectivity index (χ4n) is 4.09. The van der Waals surface area contributed by atoms with E-state index in [4.69, 9.17) is 10.5 Å². The molecule has 3 nitrogen and oxygen atoms in total. The van der Waals surface area contributed by atoms with Crippen molar-refractivity contribution >= 4 is 5.69 Å². The number of hydrogen-bond donors (Lipinski definition) is 1. The van der Waals surface area contributed by atoms with Crippen LogP contribution in [0.1, 0.15) is 45.1 Å². The first kappa shape index (κ1) is 14.9. The van der Waals surface area contributed by atoms with Gasteiger partial charge >= 0.3 is 0 Å². The molecule has 0 saturated carbocycles. The first-order valence-corrected chi connectivity index (χ1v) is 8.32. The summed E-state index contributed by atoms with van der Waals surface area (Å²) in [6, 6.07) is 8.84. The molecule has 3 heteroatoms. The normalized spacial score (nSPS) is 32.8. The first-order chi connectivity index (χ1) is 10.1. The first-order valence-electron chi connectivity index (χ1n) is 8.32. The van der Waals surface area contributed by atoms with Crippen molar-refractivity contribution in [3.05, 3.63) is 29.8 Å². The lowest BCUT2D eigenvalue weighted by molar-refractivity contribution is -0.0937. The third kappa shape index (κ3) is 2.58. The van der Waals surface area contributed by atoms with Gasteiger partial charge in [-0.3, -0.25) is 0 Å². The molecule has 1 aromatic carbocycles. The number of fused-ring (bicyclic) bond motifs is 1. The highest BCUT2D eigenvalue weighted by Crippen LogP contribution is 2.42. The lowest BCUT2D eigenvalue weighted by Crippen LogP contribution is -2.62. The molecule has 3 rings (SSSR count). The van der Waals surface area contributed by atoms with Crippen LogP contribution in [0.3, 0.4) is 0 Å². The smallest absolute Gasteiger partial charge is 0.0674 e. The highest BCUT2D eigenvalue weighted by molar-refractivity contribution is 5.58. The molecule has 116 valence electrons. The molecule has 0 amide bonds. The van der Waals surface area contributed by atoms with Gasteiger partial charge in [0, 0.05) is 31.8 Å². The van der Waals surface area contributed by atoms with Gasteiger partial charge in [-0.1, -0.05) is 25.1 Å². The molecule has 2 unspecified atom stereocenters. The summed E-state index contributed by atoms with van der Waals surface area (Å²) in [4.78, 5) is 2.60. The summed E-state index contributed by atoms with van der Waals surface area (Å²) < 4.78 is 6.07. The highest BCUT2D eigenvalue weighted by atomic mass is 16.5. The number of aryl methyl sites for hydroxylation is 1. The molecule has 0 radical (unpaired) electrons. The van der Waals surface area contributed by atoms with Crippen molar-refractivity contribution in [1.82, 2.24) is 0 Å². The second kappa shape index (κ2) is 5.62. The Morgan fingerprint density at radius 1 is 1.33 bits per heavy atom. The third-order valence-corrected chi connectivity index (χ3v) is 5.53. The molecule has 1 fully saturated rings. The predicted molar refractivity (Wildman–Crippen MR) is 87.8 cm³/mol. The fraction of sp³-hybridized carbons (Fsp3) is 0.667. The number of para-hydroxylation sites is 1. The van der Waals surface area contributed by atoms with E-state index in [2.05, 4.69) is 43.0 Å². The molecular weight excluding hydrogens is 260 g/mol. The zero-order chi connectivity index (χ0) is 14.9. The van der Waals surface area contributed by atoms with Gasteiger partial charge in [0.1, 0.15) is 0 Å². The summed E-state index contributed by atoms with van der Waals surface area (Å²) in [7, 11) is 0. The summed E-state index contributed by atoms with van der Waals surface area (Å²) in [5, 5.41) is 0. The standard InChI is InChI=1S/C18H28N2O/c1-3-17(2)13-18(14-19,10-12-21-17)20-11-6-8-15-7-4-5-9-16(15)20/h4-5,7,9H,3,6,8,10-14,19H2,1-2H3. The van der Waals surface area contributed by atoms with Crippen LogP contribution >= 0.6 is 0 Å². The molecule has 0 bridgehead atoms. The lowest BCUT2D eigenvalue weighted by atomic mass is 9.76. The molecule has 2 atom stereocenters. The maximum atomic E-state index is 6.30. The molecule has 2 heterocycles. The van der Waals surface area contributed by atoms with Gasteiger partial charge in [0.15, 0.2) is 0 Å². The molecule has 2 N–H and O–H groups in total. The van der Waals surface area contributed by atoms with Crippen molar-refractivity contribution in [3.8, 4) is 0 Å². The Balaban J connectivity index is 1.97. The van der Waals surface area contributed by atoms with E-state index >= 15 is 0 Å². The van der Waals surface area contributed by atoms with E-state index in [0.29, 0.717) is 6.54 Å². The lowest BCUT2D eigenvalue weighted by Gasteiger charge is -2.54. The van der Waals surface area contributed by atoms with E-state index in [-0.39, 0.29) is 11.1 Å². The van der Waals surface area contributed by atoms with Crippen LogP contribution in [0.15, 0.2) is 24.3 Å². The minimum atomic E-state index is -0.0377. The highest BCUT2D eigenvalue weighted by Gasteiger charge is 2.46. The predicted octanol–water partition coefficient (Wildman–Crippen LogP) is 3.12. The molecule has 21 heavy (non-hydrogen) atoms. The van der Waals surface area contributed by atoms with Crippen LogP contribution in [0.4, 0.5) is 5.69 Å². The van der Waals surface area contributed by atoms with E-state index in [9.17, 15) is 0 Å². The molecule has 0 aromatic heterocycles. The number of anilines is 1. The minimum Gasteiger partial charge on any atom is -0.375 e. The fourth-order valence-corrected chi connectivity index (χ4v) is 4.09. The molecule has 0 spiro atoms. The monoisotopic (exact) mass is 288 g/mol.